The molecule has 88 valence electrons. The van der Waals surface area contributed by atoms with Gasteiger partial charge in [0.1, 0.15) is 5.58 Å². The highest BCUT2D eigenvalue weighted by atomic mass is 16.3. The molecule has 1 fully saturated rings. The number of furan rings is 1. The molecule has 0 saturated carbocycles. The molecular weight excluding hydrogens is 214 g/mol. The van der Waals surface area contributed by atoms with Crippen molar-refractivity contribution in [1.82, 2.24) is 5.32 Å². The summed E-state index contributed by atoms with van der Waals surface area (Å²) in [6, 6.07) is 9.54. The monoisotopic (exact) mass is 229 g/mol. The summed E-state index contributed by atoms with van der Waals surface area (Å²) in [6.45, 7) is 2.86. The normalized spacial score (nSPS) is 24.3. The van der Waals surface area contributed by atoms with Gasteiger partial charge < -0.3 is 9.73 Å². The lowest BCUT2D eigenvalue weighted by Crippen LogP contribution is -2.44. The van der Waals surface area contributed by atoms with Crippen LogP contribution in [0.25, 0.3) is 11.0 Å². The molecule has 0 aliphatic carbocycles. The van der Waals surface area contributed by atoms with Gasteiger partial charge in [-0.25, -0.2) is 0 Å². The molecule has 3 nitrogen and oxygen atoms in total. The average molecular weight is 229 g/mol. The Morgan fingerprint density at radius 2 is 2.24 bits per heavy atom. The van der Waals surface area contributed by atoms with Gasteiger partial charge in [0.15, 0.2) is 5.76 Å². The van der Waals surface area contributed by atoms with Gasteiger partial charge in [0, 0.05) is 5.39 Å². The maximum atomic E-state index is 12.4. The zero-order valence-corrected chi connectivity index (χ0v) is 9.82. The third-order valence-corrected chi connectivity index (χ3v) is 3.52. The second kappa shape index (κ2) is 3.70. The van der Waals surface area contributed by atoms with Crippen LogP contribution in [0.1, 0.15) is 30.3 Å². The Bertz CT molecular complexity index is 531. The summed E-state index contributed by atoms with van der Waals surface area (Å²) in [5, 5.41) is 4.25. The highest BCUT2D eigenvalue weighted by molar-refractivity contribution is 6.03. The molecular formula is C14H15NO2. The first-order valence-corrected chi connectivity index (χ1v) is 5.97. The van der Waals surface area contributed by atoms with Crippen molar-refractivity contribution >= 4 is 16.8 Å². The fourth-order valence-corrected chi connectivity index (χ4v) is 2.45. The predicted octanol–water partition coefficient (Wildman–Crippen LogP) is 2.76. The van der Waals surface area contributed by atoms with Crippen LogP contribution < -0.4 is 5.32 Å². The van der Waals surface area contributed by atoms with Crippen molar-refractivity contribution in [3.8, 4) is 0 Å². The first kappa shape index (κ1) is 10.5. The molecule has 0 amide bonds. The Morgan fingerprint density at radius 3 is 2.94 bits per heavy atom. The van der Waals surface area contributed by atoms with E-state index in [1.807, 2.05) is 37.3 Å². The lowest BCUT2D eigenvalue weighted by Gasteiger charge is -2.20. The molecule has 0 bridgehead atoms. The van der Waals surface area contributed by atoms with Gasteiger partial charge in [0.2, 0.25) is 5.78 Å². The van der Waals surface area contributed by atoms with Crippen molar-refractivity contribution in [2.75, 3.05) is 6.54 Å². The smallest absolute Gasteiger partial charge is 0.217 e. The number of carbonyl (C=O) groups excluding carboxylic acids is 1. The number of ketones is 1. The van der Waals surface area contributed by atoms with Crippen molar-refractivity contribution in [3.63, 3.8) is 0 Å². The second-order valence-electron chi connectivity index (χ2n) is 4.84. The van der Waals surface area contributed by atoms with E-state index in [1.54, 1.807) is 0 Å². The van der Waals surface area contributed by atoms with E-state index in [0.29, 0.717) is 5.76 Å². The minimum Gasteiger partial charge on any atom is -0.453 e. The number of fused-ring (bicyclic) bond motifs is 1. The van der Waals surface area contributed by atoms with Crippen LogP contribution in [0.2, 0.25) is 0 Å². The number of rotatable bonds is 2. The fraction of sp³-hybridized carbons (Fsp3) is 0.357. The van der Waals surface area contributed by atoms with Gasteiger partial charge in [0.05, 0.1) is 5.54 Å². The molecule has 1 aromatic carbocycles. The topological polar surface area (TPSA) is 42.2 Å². The van der Waals surface area contributed by atoms with Gasteiger partial charge in [-0.2, -0.15) is 0 Å². The second-order valence-corrected chi connectivity index (χ2v) is 4.84. The third-order valence-electron chi connectivity index (χ3n) is 3.52. The van der Waals surface area contributed by atoms with Crippen molar-refractivity contribution in [2.45, 2.75) is 25.3 Å². The zero-order valence-electron chi connectivity index (χ0n) is 9.82. The summed E-state index contributed by atoms with van der Waals surface area (Å²) >= 11 is 0. The van der Waals surface area contributed by atoms with Crippen LogP contribution in [0.15, 0.2) is 34.7 Å². The Hall–Kier alpha value is -1.61. The van der Waals surface area contributed by atoms with Gasteiger partial charge in [-0.3, -0.25) is 4.79 Å². The fourth-order valence-electron chi connectivity index (χ4n) is 2.45. The lowest BCUT2D eigenvalue weighted by atomic mass is 9.93. The van der Waals surface area contributed by atoms with E-state index in [9.17, 15) is 4.79 Å². The van der Waals surface area contributed by atoms with E-state index in [2.05, 4.69) is 5.32 Å². The Balaban J connectivity index is 2.01. The molecule has 1 aliphatic heterocycles. The van der Waals surface area contributed by atoms with Gasteiger partial charge in [0.25, 0.3) is 0 Å². The summed E-state index contributed by atoms with van der Waals surface area (Å²) in [7, 11) is 0. The van der Waals surface area contributed by atoms with E-state index >= 15 is 0 Å². The van der Waals surface area contributed by atoms with Crippen LogP contribution in [-0.2, 0) is 0 Å². The molecule has 1 saturated heterocycles. The van der Waals surface area contributed by atoms with Crippen LogP contribution in [-0.4, -0.2) is 17.9 Å². The van der Waals surface area contributed by atoms with Crippen LogP contribution in [0, 0.1) is 0 Å². The molecule has 1 aromatic heterocycles. The highest BCUT2D eigenvalue weighted by Gasteiger charge is 2.38. The quantitative estimate of drug-likeness (QED) is 0.805. The molecule has 1 unspecified atom stereocenters. The average Bonchev–Trinajstić information content (AvgIpc) is 2.94. The Labute approximate surface area is 99.8 Å². The molecule has 1 aliphatic rings. The number of hydrogen-bond donors (Lipinski definition) is 1. The van der Waals surface area contributed by atoms with Gasteiger partial charge in [-0.1, -0.05) is 18.2 Å². The molecule has 0 radical (unpaired) electrons. The van der Waals surface area contributed by atoms with E-state index < -0.39 is 5.54 Å². The lowest BCUT2D eigenvalue weighted by molar-refractivity contribution is 0.0857. The first-order chi connectivity index (χ1) is 8.19. The number of para-hydroxylation sites is 1. The van der Waals surface area contributed by atoms with E-state index in [0.717, 1.165) is 30.4 Å². The van der Waals surface area contributed by atoms with E-state index in [-0.39, 0.29) is 5.78 Å². The number of Topliss-reactive ketones (excluding diaryl/α,β-unsaturated/α-hetero) is 1. The molecule has 1 atom stereocenters. The SMILES string of the molecule is CC1(C(=O)c2cc3ccccc3o2)CCCN1. The number of benzene rings is 1. The number of nitrogens with one attached hydrogen (secondary N) is 1. The highest BCUT2D eigenvalue weighted by Crippen LogP contribution is 2.27. The van der Waals surface area contributed by atoms with Crippen molar-refractivity contribution in [2.24, 2.45) is 0 Å². The molecule has 3 heteroatoms. The molecule has 3 rings (SSSR count). The van der Waals surface area contributed by atoms with Crippen molar-refractivity contribution in [3.05, 3.63) is 36.1 Å². The van der Waals surface area contributed by atoms with Gasteiger partial charge in [-0.15, -0.1) is 0 Å². The maximum Gasteiger partial charge on any atom is 0.217 e. The van der Waals surface area contributed by atoms with Crippen LogP contribution in [0.4, 0.5) is 0 Å². The summed E-state index contributed by atoms with van der Waals surface area (Å²) in [6.07, 6.45) is 1.92. The predicted molar refractivity (Wildman–Crippen MR) is 66.2 cm³/mol. The van der Waals surface area contributed by atoms with Crippen LogP contribution in [0.5, 0.6) is 0 Å². The Kier molecular flexibility index (Phi) is 2.30. The summed E-state index contributed by atoms with van der Waals surface area (Å²) in [5.74, 6) is 0.523. The maximum absolute atomic E-state index is 12.4. The number of hydrogen-bond acceptors (Lipinski definition) is 3. The molecule has 2 aromatic rings. The molecule has 0 spiro atoms. The zero-order chi connectivity index (χ0) is 11.9. The number of carbonyl (C=O) groups is 1. The van der Waals surface area contributed by atoms with Crippen LogP contribution in [0.3, 0.4) is 0 Å². The van der Waals surface area contributed by atoms with Crippen LogP contribution >= 0.6 is 0 Å². The molecule has 17 heavy (non-hydrogen) atoms. The van der Waals surface area contributed by atoms with Gasteiger partial charge in [-0.05, 0) is 38.4 Å². The third kappa shape index (κ3) is 1.67. The standard InChI is InChI=1S/C14H15NO2/c1-14(7-4-8-15-14)13(16)12-9-10-5-2-3-6-11(10)17-12/h2-3,5-6,9,15H,4,7-8H2,1H3. The largest absolute Gasteiger partial charge is 0.453 e. The first-order valence-electron chi connectivity index (χ1n) is 5.97. The van der Waals surface area contributed by atoms with E-state index in [1.165, 1.54) is 0 Å². The summed E-state index contributed by atoms with van der Waals surface area (Å²) in [4.78, 5) is 12.4. The van der Waals surface area contributed by atoms with Gasteiger partial charge >= 0.3 is 0 Å². The van der Waals surface area contributed by atoms with Crippen molar-refractivity contribution < 1.29 is 9.21 Å². The minimum absolute atomic E-state index is 0.0613. The Morgan fingerprint density at radius 1 is 1.41 bits per heavy atom. The minimum atomic E-state index is -0.451. The summed E-state index contributed by atoms with van der Waals surface area (Å²) in [5.41, 5.74) is 0.325. The molecule has 2 heterocycles. The van der Waals surface area contributed by atoms with Crippen molar-refractivity contribution in [1.29, 1.82) is 0 Å². The summed E-state index contributed by atoms with van der Waals surface area (Å²) < 4.78 is 5.62. The van der Waals surface area contributed by atoms with E-state index in [4.69, 9.17) is 4.42 Å². The molecule has 1 N–H and O–H groups in total.